The van der Waals surface area contributed by atoms with Gasteiger partial charge in [0.05, 0.1) is 19.3 Å². The normalized spacial score (nSPS) is 22.4. The van der Waals surface area contributed by atoms with E-state index in [1.807, 2.05) is 6.92 Å². The summed E-state index contributed by atoms with van der Waals surface area (Å²) in [4.78, 5) is 24.3. The Morgan fingerprint density at radius 1 is 1.19 bits per heavy atom. The van der Waals surface area contributed by atoms with Crippen LogP contribution in [0.3, 0.4) is 0 Å². The number of nitrogens with one attached hydrogen (secondary N) is 1. The number of carbonyl (C=O) groups is 2. The minimum atomic E-state index is -0.563. The minimum absolute atomic E-state index is 0.149. The summed E-state index contributed by atoms with van der Waals surface area (Å²) in [5, 5.41) is 2.99. The average molecular weight is 363 g/mol. The van der Waals surface area contributed by atoms with E-state index >= 15 is 0 Å². The Labute approximate surface area is 155 Å². The van der Waals surface area contributed by atoms with Gasteiger partial charge in [0.2, 0.25) is 0 Å². The van der Waals surface area contributed by atoms with E-state index in [4.69, 9.17) is 14.2 Å². The van der Waals surface area contributed by atoms with Crippen LogP contribution in [0.4, 0.5) is 0 Å². The van der Waals surface area contributed by atoms with Gasteiger partial charge in [-0.05, 0) is 43.4 Å². The Hall–Kier alpha value is -2.24. The van der Waals surface area contributed by atoms with Crippen LogP contribution in [0.1, 0.15) is 50.4 Å². The first-order valence-electron chi connectivity index (χ1n) is 9.23. The SMILES string of the molecule is CCOc1ccc(C(=O)OCC(=O)N[C@@H]2CCC[C@@H](C)[C@@H]2C)cc1OC. The van der Waals surface area contributed by atoms with Crippen molar-refractivity contribution < 1.29 is 23.8 Å². The van der Waals surface area contributed by atoms with Crippen molar-refractivity contribution in [2.24, 2.45) is 11.8 Å². The maximum absolute atomic E-state index is 12.2. The van der Waals surface area contributed by atoms with Crippen LogP contribution in [0.15, 0.2) is 18.2 Å². The highest BCUT2D eigenvalue weighted by atomic mass is 16.5. The van der Waals surface area contributed by atoms with Crippen LogP contribution in [-0.2, 0) is 9.53 Å². The van der Waals surface area contributed by atoms with Crippen molar-refractivity contribution >= 4 is 11.9 Å². The lowest BCUT2D eigenvalue weighted by atomic mass is 9.78. The van der Waals surface area contributed by atoms with Gasteiger partial charge in [-0.3, -0.25) is 4.79 Å². The zero-order chi connectivity index (χ0) is 19.1. The van der Waals surface area contributed by atoms with E-state index in [1.165, 1.54) is 13.5 Å². The quantitative estimate of drug-likeness (QED) is 0.753. The van der Waals surface area contributed by atoms with Crippen molar-refractivity contribution in [3.05, 3.63) is 23.8 Å². The molecule has 0 radical (unpaired) electrons. The van der Waals surface area contributed by atoms with Gasteiger partial charge in [0.15, 0.2) is 18.1 Å². The van der Waals surface area contributed by atoms with Crippen LogP contribution >= 0.6 is 0 Å². The number of ether oxygens (including phenoxy) is 3. The van der Waals surface area contributed by atoms with Gasteiger partial charge in [-0.2, -0.15) is 0 Å². The Morgan fingerprint density at radius 3 is 2.65 bits per heavy atom. The number of esters is 1. The van der Waals surface area contributed by atoms with Gasteiger partial charge >= 0.3 is 5.97 Å². The molecule has 0 spiro atoms. The van der Waals surface area contributed by atoms with Crippen molar-refractivity contribution in [2.45, 2.75) is 46.1 Å². The van der Waals surface area contributed by atoms with Gasteiger partial charge in [0.1, 0.15) is 0 Å². The number of rotatable bonds is 7. The molecule has 2 rings (SSSR count). The van der Waals surface area contributed by atoms with Crippen molar-refractivity contribution in [3.8, 4) is 11.5 Å². The van der Waals surface area contributed by atoms with Crippen LogP contribution in [0, 0.1) is 11.8 Å². The van der Waals surface area contributed by atoms with E-state index in [-0.39, 0.29) is 18.6 Å². The summed E-state index contributed by atoms with van der Waals surface area (Å²) in [6, 6.07) is 4.95. The molecule has 144 valence electrons. The van der Waals surface area contributed by atoms with E-state index in [2.05, 4.69) is 19.2 Å². The second-order valence-electron chi connectivity index (χ2n) is 6.82. The van der Waals surface area contributed by atoms with Gasteiger partial charge in [-0.25, -0.2) is 4.79 Å². The van der Waals surface area contributed by atoms with Gasteiger partial charge in [-0.1, -0.05) is 26.7 Å². The highest BCUT2D eigenvalue weighted by Gasteiger charge is 2.28. The molecule has 6 heteroatoms. The van der Waals surface area contributed by atoms with E-state index in [9.17, 15) is 9.59 Å². The predicted octanol–water partition coefficient (Wildman–Crippen LogP) is 3.19. The lowest BCUT2D eigenvalue weighted by Gasteiger charge is -2.34. The molecule has 1 aromatic rings. The van der Waals surface area contributed by atoms with Crippen LogP contribution in [0.5, 0.6) is 11.5 Å². The summed E-state index contributed by atoms with van der Waals surface area (Å²) >= 11 is 0. The molecule has 0 unspecified atom stereocenters. The van der Waals surface area contributed by atoms with Crippen LogP contribution < -0.4 is 14.8 Å². The summed E-state index contributed by atoms with van der Waals surface area (Å²) in [5.41, 5.74) is 0.317. The maximum Gasteiger partial charge on any atom is 0.338 e. The molecule has 1 aliphatic rings. The van der Waals surface area contributed by atoms with Crippen molar-refractivity contribution in [3.63, 3.8) is 0 Å². The minimum Gasteiger partial charge on any atom is -0.493 e. The standard InChI is InChI=1S/C20H29NO5/c1-5-25-17-10-9-15(11-18(17)24-4)20(23)26-12-19(22)21-16-8-6-7-13(2)14(16)3/h9-11,13-14,16H,5-8,12H2,1-4H3,(H,21,22)/t13-,14+,16-/m1/s1. The van der Waals surface area contributed by atoms with E-state index < -0.39 is 5.97 Å². The number of benzene rings is 1. The number of hydrogen-bond donors (Lipinski definition) is 1. The van der Waals surface area contributed by atoms with E-state index in [0.717, 1.165) is 12.8 Å². The first-order valence-corrected chi connectivity index (χ1v) is 9.23. The lowest BCUT2D eigenvalue weighted by Crippen LogP contribution is -2.45. The monoisotopic (exact) mass is 363 g/mol. The number of hydrogen-bond acceptors (Lipinski definition) is 5. The lowest BCUT2D eigenvalue weighted by molar-refractivity contribution is -0.125. The molecule has 1 amide bonds. The molecular formula is C20H29NO5. The first kappa shape index (κ1) is 20.1. The molecule has 26 heavy (non-hydrogen) atoms. The van der Waals surface area contributed by atoms with Gasteiger partial charge in [0, 0.05) is 6.04 Å². The van der Waals surface area contributed by atoms with Crippen LogP contribution in [0.25, 0.3) is 0 Å². The second kappa shape index (κ2) is 9.46. The third-order valence-electron chi connectivity index (χ3n) is 5.09. The molecule has 0 bridgehead atoms. The molecule has 1 fully saturated rings. The fourth-order valence-corrected chi connectivity index (χ4v) is 3.32. The van der Waals surface area contributed by atoms with Gasteiger partial charge in [-0.15, -0.1) is 0 Å². The molecule has 0 aromatic heterocycles. The average Bonchev–Trinajstić information content (AvgIpc) is 2.64. The Morgan fingerprint density at radius 2 is 1.96 bits per heavy atom. The fourth-order valence-electron chi connectivity index (χ4n) is 3.32. The smallest absolute Gasteiger partial charge is 0.338 e. The number of methoxy groups -OCH3 is 1. The summed E-state index contributed by atoms with van der Waals surface area (Å²) in [7, 11) is 1.51. The molecule has 1 N–H and O–H groups in total. The molecular weight excluding hydrogens is 334 g/mol. The predicted molar refractivity (Wildman–Crippen MR) is 98.6 cm³/mol. The zero-order valence-corrected chi connectivity index (χ0v) is 16.0. The van der Waals surface area contributed by atoms with Crippen LogP contribution in [0.2, 0.25) is 0 Å². The number of amides is 1. The Bertz CT molecular complexity index is 631. The fraction of sp³-hybridized carbons (Fsp3) is 0.600. The molecule has 0 aliphatic heterocycles. The van der Waals surface area contributed by atoms with Crippen molar-refractivity contribution in [1.29, 1.82) is 0 Å². The molecule has 0 heterocycles. The van der Waals surface area contributed by atoms with Crippen molar-refractivity contribution in [2.75, 3.05) is 20.3 Å². The molecule has 0 saturated heterocycles. The van der Waals surface area contributed by atoms with Crippen LogP contribution in [-0.4, -0.2) is 38.2 Å². The highest BCUT2D eigenvalue weighted by Crippen LogP contribution is 2.30. The highest BCUT2D eigenvalue weighted by molar-refractivity contribution is 5.92. The van der Waals surface area contributed by atoms with E-state index in [0.29, 0.717) is 35.5 Å². The third-order valence-corrected chi connectivity index (χ3v) is 5.09. The molecule has 3 atom stereocenters. The van der Waals surface area contributed by atoms with Crippen molar-refractivity contribution in [1.82, 2.24) is 5.32 Å². The third kappa shape index (κ3) is 5.13. The summed E-state index contributed by atoms with van der Waals surface area (Å²) in [6.07, 6.45) is 3.28. The second-order valence-corrected chi connectivity index (χ2v) is 6.82. The largest absolute Gasteiger partial charge is 0.493 e. The molecule has 6 nitrogen and oxygen atoms in total. The van der Waals surface area contributed by atoms with Gasteiger partial charge in [0.25, 0.3) is 5.91 Å². The first-order chi connectivity index (χ1) is 12.5. The summed E-state index contributed by atoms with van der Waals surface area (Å²) < 4.78 is 15.8. The number of carbonyl (C=O) groups excluding carboxylic acids is 2. The Kier molecular flexibility index (Phi) is 7.30. The molecule has 1 saturated carbocycles. The molecule has 1 aromatic carbocycles. The Balaban J connectivity index is 1.88. The zero-order valence-electron chi connectivity index (χ0n) is 16.0. The maximum atomic E-state index is 12.2. The summed E-state index contributed by atoms with van der Waals surface area (Å²) in [5.74, 6) is 1.21. The van der Waals surface area contributed by atoms with Gasteiger partial charge < -0.3 is 19.5 Å². The van der Waals surface area contributed by atoms with E-state index in [1.54, 1.807) is 18.2 Å². The molecule has 1 aliphatic carbocycles. The summed E-state index contributed by atoms with van der Waals surface area (Å²) in [6.45, 7) is 6.45. The topological polar surface area (TPSA) is 73.9 Å².